The van der Waals surface area contributed by atoms with Gasteiger partial charge in [0, 0.05) is 3.57 Å². The smallest absolute Gasteiger partial charge is 0.252 e. The quantitative estimate of drug-likeness (QED) is 0.753. The summed E-state index contributed by atoms with van der Waals surface area (Å²) in [6, 6.07) is 12.2. The van der Waals surface area contributed by atoms with Gasteiger partial charge in [0.15, 0.2) is 0 Å². The molecule has 0 spiro atoms. The van der Waals surface area contributed by atoms with Crippen LogP contribution >= 0.6 is 22.6 Å². The fourth-order valence-electron chi connectivity index (χ4n) is 2.38. The number of carbonyl (C=O) groups is 1. The molecule has 0 bridgehead atoms. The molecule has 0 aliphatic carbocycles. The molecular weight excluding hydrogens is 373 g/mol. The second-order valence-corrected chi connectivity index (χ2v) is 6.70. The first-order chi connectivity index (χ1) is 9.88. The van der Waals surface area contributed by atoms with Crippen LogP contribution in [0.3, 0.4) is 0 Å². The maximum absolute atomic E-state index is 12.4. The topological polar surface area (TPSA) is 29.1 Å². The van der Waals surface area contributed by atoms with Crippen LogP contribution in [0.4, 0.5) is 0 Å². The van der Waals surface area contributed by atoms with Gasteiger partial charge in [0.05, 0.1) is 11.6 Å². The summed E-state index contributed by atoms with van der Waals surface area (Å²) in [6.45, 7) is 8.21. The van der Waals surface area contributed by atoms with E-state index in [9.17, 15) is 4.79 Å². The molecule has 2 aromatic carbocycles. The first kappa shape index (κ1) is 16.0. The summed E-state index contributed by atoms with van der Waals surface area (Å²) in [7, 11) is 0. The molecule has 0 saturated heterocycles. The first-order valence-corrected chi connectivity index (χ1v) is 8.10. The van der Waals surface area contributed by atoms with Gasteiger partial charge in [0.2, 0.25) is 0 Å². The van der Waals surface area contributed by atoms with E-state index in [0.717, 1.165) is 9.13 Å². The van der Waals surface area contributed by atoms with Gasteiger partial charge in [-0.15, -0.1) is 0 Å². The van der Waals surface area contributed by atoms with Crippen LogP contribution < -0.4 is 5.32 Å². The summed E-state index contributed by atoms with van der Waals surface area (Å²) < 4.78 is 0.985. The number of carbonyl (C=O) groups excluding carboxylic acids is 1. The number of nitrogens with one attached hydrogen (secondary N) is 1. The Morgan fingerprint density at radius 2 is 1.67 bits per heavy atom. The second kappa shape index (κ2) is 6.60. The minimum absolute atomic E-state index is 0.00509. The summed E-state index contributed by atoms with van der Waals surface area (Å²) >= 11 is 2.21. The van der Waals surface area contributed by atoms with Crippen molar-refractivity contribution in [3.05, 3.63) is 67.8 Å². The fraction of sp³-hybridized carbons (Fsp3) is 0.278. The minimum Gasteiger partial charge on any atom is -0.345 e. The lowest BCUT2D eigenvalue weighted by Crippen LogP contribution is -2.27. The normalized spacial score (nSPS) is 12.0. The van der Waals surface area contributed by atoms with Crippen LogP contribution in [0, 0.1) is 24.3 Å². The van der Waals surface area contributed by atoms with Gasteiger partial charge in [-0.05, 0) is 73.5 Å². The number of hydrogen-bond donors (Lipinski definition) is 1. The maximum Gasteiger partial charge on any atom is 0.252 e. The summed E-state index contributed by atoms with van der Waals surface area (Å²) in [5.41, 5.74) is 5.48. The molecule has 110 valence electrons. The molecule has 0 saturated carbocycles. The molecule has 2 aromatic rings. The standard InChI is InChI=1S/C18H20INO/c1-11-5-7-13(3)16(9-11)14(4)20-18(21)15-8-6-12(2)10-17(15)19/h5-10,14H,1-4H3,(H,20,21)/t14-/m1/s1. The second-order valence-electron chi connectivity index (χ2n) is 5.54. The first-order valence-electron chi connectivity index (χ1n) is 7.02. The molecule has 0 unspecified atom stereocenters. The van der Waals surface area contributed by atoms with Gasteiger partial charge in [-0.3, -0.25) is 4.79 Å². The van der Waals surface area contributed by atoms with Crippen molar-refractivity contribution in [3.8, 4) is 0 Å². The predicted octanol–water partition coefficient (Wildman–Crippen LogP) is 4.71. The van der Waals surface area contributed by atoms with Crippen molar-refractivity contribution in [1.82, 2.24) is 5.32 Å². The maximum atomic E-state index is 12.4. The highest BCUT2D eigenvalue weighted by Gasteiger charge is 2.15. The van der Waals surface area contributed by atoms with Crippen molar-refractivity contribution in [3.63, 3.8) is 0 Å². The van der Waals surface area contributed by atoms with E-state index < -0.39 is 0 Å². The number of amides is 1. The molecule has 0 heterocycles. The van der Waals surface area contributed by atoms with Crippen molar-refractivity contribution >= 4 is 28.5 Å². The summed E-state index contributed by atoms with van der Waals surface area (Å²) in [5, 5.41) is 3.10. The van der Waals surface area contributed by atoms with E-state index in [1.165, 1.54) is 22.3 Å². The van der Waals surface area contributed by atoms with Crippen LogP contribution in [0.15, 0.2) is 36.4 Å². The van der Waals surface area contributed by atoms with Gasteiger partial charge in [0.1, 0.15) is 0 Å². The van der Waals surface area contributed by atoms with Gasteiger partial charge >= 0.3 is 0 Å². The molecule has 21 heavy (non-hydrogen) atoms. The number of aryl methyl sites for hydroxylation is 3. The van der Waals surface area contributed by atoms with Gasteiger partial charge < -0.3 is 5.32 Å². The Labute approximate surface area is 140 Å². The van der Waals surface area contributed by atoms with E-state index in [0.29, 0.717) is 0 Å². The van der Waals surface area contributed by atoms with Crippen LogP contribution in [0.2, 0.25) is 0 Å². The number of hydrogen-bond acceptors (Lipinski definition) is 1. The van der Waals surface area contributed by atoms with E-state index in [4.69, 9.17) is 0 Å². The zero-order chi connectivity index (χ0) is 15.6. The minimum atomic E-state index is -0.0205. The summed E-state index contributed by atoms with van der Waals surface area (Å²) in [4.78, 5) is 12.4. The molecule has 0 aromatic heterocycles. The lowest BCUT2D eigenvalue weighted by atomic mass is 9.99. The Hall–Kier alpha value is -1.36. The van der Waals surface area contributed by atoms with E-state index in [1.54, 1.807) is 0 Å². The highest BCUT2D eigenvalue weighted by Crippen LogP contribution is 2.20. The lowest BCUT2D eigenvalue weighted by molar-refractivity contribution is 0.0939. The van der Waals surface area contributed by atoms with E-state index in [1.807, 2.05) is 32.0 Å². The number of rotatable bonds is 3. The monoisotopic (exact) mass is 393 g/mol. The highest BCUT2D eigenvalue weighted by molar-refractivity contribution is 14.1. The lowest BCUT2D eigenvalue weighted by Gasteiger charge is -2.18. The molecule has 2 rings (SSSR count). The molecule has 0 aliphatic heterocycles. The predicted molar refractivity (Wildman–Crippen MR) is 95.7 cm³/mol. The van der Waals surface area contributed by atoms with E-state index in [2.05, 4.69) is 60.0 Å². The third-order valence-corrected chi connectivity index (χ3v) is 4.51. The van der Waals surface area contributed by atoms with Gasteiger partial charge in [0.25, 0.3) is 5.91 Å². The summed E-state index contributed by atoms with van der Waals surface area (Å²) in [6.07, 6.45) is 0. The van der Waals surface area contributed by atoms with Gasteiger partial charge in [-0.25, -0.2) is 0 Å². The van der Waals surface area contributed by atoms with Crippen LogP contribution in [0.5, 0.6) is 0 Å². The average Bonchev–Trinajstić information content (AvgIpc) is 2.41. The Morgan fingerprint density at radius 1 is 1.05 bits per heavy atom. The largest absolute Gasteiger partial charge is 0.345 e. The zero-order valence-corrected chi connectivity index (χ0v) is 15.0. The molecule has 1 amide bonds. The SMILES string of the molecule is Cc1ccc(C(=O)N[C@H](C)c2cc(C)ccc2C)c(I)c1. The van der Waals surface area contributed by atoms with Crippen LogP contribution in [-0.2, 0) is 0 Å². The van der Waals surface area contributed by atoms with Crippen LogP contribution in [-0.4, -0.2) is 5.91 Å². The molecule has 0 fully saturated rings. The van der Waals surface area contributed by atoms with Crippen molar-refractivity contribution in [2.75, 3.05) is 0 Å². The third-order valence-electron chi connectivity index (χ3n) is 3.62. The van der Waals surface area contributed by atoms with E-state index >= 15 is 0 Å². The Bertz CT molecular complexity index is 679. The molecule has 1 atom stereocenters. The fourth-order valence-corrected chi connectivity index (χ4v) is 3.30. The van der Waals surface area contributed by atoms with Crippen LogP contribution in [0.25, 0.3) is 0 Å². The molecule has 1 N–H and O–H groups in total. The molecule has 0 aliphatic rings. The molecule has 3 heteroatoms. The van der Waals surface area contributed by atoms with E-state index in [-0.39, 0.29) is 11.9 Å². The number of benzene rings is 2. The van der Waals surface area contributed by atoms with Crippen molar-refractivity contribution in [1.29, 1.82) is 0 Å². The average molecular weight is 393 g/mol. The molecule has 2 nitrogen and oxygen atoms in total. The van der Waals surface area contributed by atoms with Crippen molar-refractivity contribution < 1.29 is 4.79 Å². The Morgan fingerprint density at radius 3 is 2.33 bits per heavy atom. The Kier molecular flexibility index (Phi) is 5.04. The zero-order valence-electron chi connectivity index (χ0n) is 12.8. The van der Waals surface area contributed by atoms with Gasteiger partial charge in [-0.2, -0.15) is 0 Å². The van der Waals surface area contributed by atoms with Crippen molar-refractivity contribution in [2.24, 2.45) is 0 Å². The third kappa shape index (κ3) is 3.84. The Balaban J connectivity index is 2.20. The van der Waals surface area contributed by atoms with Gasteiger partial charge in [-0.1, -0.05) is 35.4 Å². The molecule has 0 radical (unpaired) electrons. The number of halogens is 1. The van der Waals surface area contributed by atoms with Crippen LogP contribution in [0.1, 0.15) is 45.6 Å². The summed E-state index contributed by atoms with van der Waals surface area (Å²) in [5.74, 6) is -0.0205. The molecular formula is C18H20INO. The van der Waals surface area contributed by atoms with Crippen molar-refractivity contribution in [2.45, 2.75) is 33.7 Å². The highest BCUT2D eigenvalue weighted by atomic mass is 127.